The van der Waals surface area contributed by atoms with E-state index in [1.807, 2.05) is 0 Å². The number of sulfonamides is 1. The second-order valence-corrected chi connectivity index (χ2v) is 6.33. The van der Waals surface area contributed by atoms with Crippen LogP contribution >= 0.6 is 0 Å². The van der Waals surface area contributed by atoms with Crippen molar-refractivity contribution in [2.75, 3.05) is 26.2 Å². The molecule has 1 fully saturated rings. The Labute approximate surface area is 113 Å². The van der Waals surface area contributed by atoms with Crippen LogP contribution in [0.4, 0.5) is 0 Å². The van der Waals surface area contributed by atoms with Gasteiger partial charge in [-0.2, -0.15) is 5.10 Å². The van der Waals surface area contributed by atoms with Crippen LogP contribution < -0.4 is 4.89 Å². The first-order valence-corrected chi connectivity index (χ1v) is 7.86. The molecule has 0 aromatic carbocycles. The highest BCUT2D eigenvalue weighted by Gasteiger charge is 2.22. The number of nitrogens with one attached hydrogen (secondary N) is 2. The molecule has 1 aromatic rings. The summed E-state index contributed by atoms with van der Waals surface area (Å²) in [5, 5.41) is 6.51. The van der Waals surface area contributed by atoms with Crippen molar-refractivity contribution in [3.63, 3.8) is 0 Å². The van der Waals surface area contributed by atoms with E-state index in [0.29, 0.717) is 18.0 Å². The maximum atomic E-state index is 12.0. The highest BCUT2D eigenvalue weighted by atomic mass is 32.2. The van der Waals surface area contributed by atoms with Gasteiger partial charge in [-0.3, -0.25) is 9.94 Å². The Kier molecular flexibility index (Phi) is 4.56. The SMILES string of the molecule is Cc1n[nH]c(C)c1S(=O)(=O)NOCCN1CCCC1. The first-order chi connectivity index (χ1) is 9.00. The van der Waals surface area contributed by atoms with E-state index >= 15 is 0 Å². The number of hydrogen-bond donors (Lipinski definition) is 2. The van der Waals surface area contributed by atoms with Gasteiger partial charge in [0.05, 0.1) is 18.0 Å². The minimum absolute atomic E-state index is 0.161. The summed E-state index contributed by atoms with van der Waals surface area (Å²) in [4.78, 5) is 9.64. The third-order valence-corrected chi connectivity index (χ3v) is 4.68. The molecule has 1 aliphatic heterocycles. The van der Waals surface area contributed by atoms with Gasteiger partial charge in [-0.25, -0.2) is 8.42 Å². The zero-order valence-corrected chi connectivity index (χ0v) is 12.1. The molecule has 108 valence electrons. The highest BCUT2D eigenvalue weighted by molar-refractivity contribution is 7.89. The number of aromatic nitrogens is 2. The van der Waals surface area contributed by atoms with Crippen molar-refractivity contribution >= 4 is 10.0 Å². The Morgan fingerprint density at radius 3 is 2.63 bits per heavy atom. The second-order valence-electron chi connectivity index (χ2n) is 4.75. The second kappa shape index (κ2) is 6.00. The minimum atomic E-state index is -3.66. The van der Waals surface area contributed by atoms with Crippen LogP contribution in [0.2, 0.25) is 0 Å². The topological polar surface area (TPSA) is 87.3 Å². The number of rotatable bonds is 6. The third kappa shape index (κ3) is 3.53. The predicted molar refractivity (Wildman–Crippen MR) is 70.0 cm³/mol. The average Bonchev–Trinajstić information content (AvgIpc) is 2.95. The number of likely N-dealkylation sites (tertiary alicyclic amines) is 1. The highest BCUT2D eigenvalue weighted by Crippen LogP contribution is 2.16. The summed E-state index contributed by atoms with van der Waals surface area (Å²) >= 11 is 0. The van der Waals surface area contributed by atoms with Gasteiger partial charge in [0.2, 0.25) is 0 Å². The maximum absolute atomic E-state index is 12.0. The summed E-state index contributed by atoms with van der Waals surface area (Å²) in [5.41, 5.74) is 0.946. The van der Waals surface area contributed by atoms with Crippen LogP contribution in [0, 0.1) is 13.8 Å². The lowest BCUT2D eigenvalue weighted by atomic mass is 10.4. The van der Waals surface area contributed by atoms with Crippen LogP contribution in [-0.2, 0) is 14.9 Å². The fourth-order valence-corrected chi connectivity index (χ4v) is 3.48. The first-order valence-electron chi connectivity index (χ1n) is 6.38. The number of hydrogen-bond acceptors (Lipinski definition) is 5. The molecule has 0 unspecified atom stereocenters. The molecular formula is C11H20N4O3S. The van der Waals surface area contributed by atoms with E-state index in [4.69, 9.17) is 4.84 Å². The molecule has 7 nitrogen and oxygen atoms in total. The van der Waals surface area contributed by atoms with Gasteiger partial charge >= 0.3 is 0 Å². The fraction of sp³-hybridized carbons (Fsp3) is 0.727. The van der Waals surface area contributed by atoms with Gasteiger partial charge in [0.15, 0.2) is 0 Å². The lowest BCUT2D eigenvalue weighted by Crippen LogP contribution is -2.30. The molecular weight excluding hydrogens is 268 g/mol. The Bertz CT molecular complexity index is 501. The van der Waals surface area contributed by atoms with Crippen molar-refractivity contribution in [3.05, 3.63) is 11.4 Å². The van der Waals surface area contributed by atoms with E-state index in [-0.39, 0.29) is 4.90 Å². The Morgan fingerprint density at radius 1 is 1.37 bits per heavy atom. The molecule has 8 heteroatoms. The van der Waals surface area contributed by atoms with Gasteiger partial charge in [0.25, 0.3) is 10.0 Å². The third-order valence-electron chi connectivity index (χ3n) is 3.21. The monoisotopic (exact) mass is 288 g/mol. The molecule has 0 bridgehead atoms. The molecule has 2 rings (SSSR count). The molecule has 0 amide bonds. The van der Waals surface area contributed by atoms with E-state index in [2.05, 4.69) is 20.0 Å². The molecule has 0 radical (unpaired) electrons. The van der Waals surface area contributed by atoms with Gasteiger partial charge in [0.1, 0.15) is 4.90 Å². The van der Waals surface area contributed by atoms with Crippen molar-refractivity contribution in [1.29, 1.82) is 0 Å². The van der Waals surface area contributed by atoms with Crippen LogP contribution in [-0.4, -0.2) is 49.8 Å². The first kappa shape index (κ1) is 14.4. The molecule has 0 spiro atoms. The summed E-state index contributed by atoms with van der Waals surface area (Å²) in [5.74, 6) is 0. The molecule has 0 aliphatic carbocycles. The summed E-state index contributed by atoms with van der Waals surface area (Å²) < 4.78 is 24.0. The van der Waals surface area contributed by atoms with Crippen LogP contribution in [0.25, 0.3) is 0 Å². The zero-order chi connectivity index (χ0) is 13.9. The van der Waals surface area contributed by atoms with Gasteiger partial charge < -0.3 is 4.90 Å². The van der Waals surface area contributed by atoms with Gasteiger partial charge in [0, 0.05) is 6.54 Å². The predicted octanol–water partition coefficient (Wildman–Crippen LogP) is 0.332. The maximum Gasteiger partial charge on any atom is 0.266 e. The quantitative estimate of drug-likeness (QED) is 0.582. The smallest absolute Gasteiger partial charge is 0.266 e. The number of nitrogens with zero attached hydrogens (tertiary/aromatic N) is 2. The Morgan fingerprint density at radius 2 is 2.05 bits per heavy atom. The van der Waals surface area contributed by atoms with E-state index in [9.17, 15) is 8.42 Å². The van der Waals surface area contributed by atoms with Crippen LogP contribution in [0.3, 0.4) is 0 Å². The van der Waals surface area contributed by atoms with E-state index in [1.165, 1.54) is 12.8 Å². The van der Waals surface area contributed by atoms with Crippen molar-refractivity contribution in [2.45, 2.75) is 31.6 Å². The van der Waals surface area contributed by atoms with Crippen LogP contribution in [0.5, 0.6) is 0 Å². The molecule has 0 atom stereocenters. The average molecular weight is 288 g/mol. The molecule has 2 N–H and O–H groups in total. The Balaban J connectivity index is 1.84. The summed E-state index contributed by atoms with van der Waals surface area (Å²) in [6, 6.07) is 0. The zero-order valence-electron chi connectivity index (χ0n) is 11.3. The molecule has 0 saturated carbocycles. The van der Waals surface area contributed by atoms with Crippen LogP contribution in [0.1, 0.15) is 24.2 Å². The van der Waals surface area contributed by atoms with E-state index in [0.717, 1.165) is 19.6 Å². The van der Waals surface area contributed by atoms with Crippen molar-refractivity contribution < 1.29 is 13.3 Å². The van der Waals surface area contributed by atoms with Crippen molar-refractivity contribution in [1.82, 2.24) is 20.0 Å². The lowest BCUT2D eigenvalue weighted by Gasteiger charge is -2.14. The number of aromatic amines is 1. The summed E-state index contributed by atoms with van der Waals surface area (Å²) in [7, 11) is -3.66. The van der Waals surface area contributed by atoms with E-state index in [1.54, 1.807) is 13.8 Å². The normalized spacial score (nSPS) is 17.2. The van der Waals surface area contributed by atoms with Gasteiger partial charge in [-0.05, 0) is 39.8 Å². The fourth-order valence-electron chi connectivity index (χ4n) is 2.28. The van der Waals surface area contributed by atoms with Gasteiger partial charge in [-0.15, -0.1) is 0 Å². The van der Waals surface area contributed by atoms with Crippen molar-refractivity contribution in [3.8, 4) is 0 Å². The minimum Gasteiger partial charge on any atom is -0.301 e. The molecule has 1 aliphatic rings. The Hall–Kier alpha value is -0.960. The summed E-state index contributed by atoms with van der Waals surface area (Å²) in [6.07, 6.45) is 2.41. The standard InChI is InChI=1S/C11H20N4O3S/c1-9-11(10(2)13-12-9)19(16,17)14-18-8-7-15-5-3-4-6-15/h14H,3-8H2,1-2H3,(H,12,13). The lowest BCUT2D eigenvalue weighted by molar-refractivity contribution is 0.0755. The van der Waals surface area contributed by atoms with E-state index < -0.39 is 10.0 Å². The number of H-pyrrole nitrogens is 1. The largest absolute Gasteiger partial charge is 0.301 e. The summed E-state index contributed by atoms with van der Waals surface area (Å²) in [6.45, 7) is 6.52. The molecule has 1 aromatic heterocycles. The molecule has 19 heavy (non-hydrogen) atoms. The number of aryl methyl sites for hydroxylation is 2. The van der Waals surface area contributed by atoms with Crippen LogP contribution in [0.15, 0.2) is 4.90 Å². The van der Waals surface area contributed by atoms with Gasteiger partial charge in [-0.1, -0.05) is 4.89 Å². The molecule has 2 heterocycles. The molecule has 1 saturated heterocycles. The van der Waals surface area contributed by atoms with Crippen molar-refractivity contribution in [2.24, 2.45) is 0 Å².